The summed E-state index contributed by atoms with van der Waals surface area (Å²) in [6.07, 6.45) is 2.13. The average molecular weight is 402 g/mol. The minimum atomic E-state index is -0.177. The Kier molecular flexibility index (Phi) is 5.47. The van der Waals surface area contributed by atoms with E-state index in [-0.39, 0.29) is 5.82 Å². The SMILES string of the molecule is C=C(CN1CCC(c2ccc(F)cc2)CC1)N1CCOc2cc(Cl)cc(N)c21. The molecule has 2 aliphatic rings. The Morgan fingerprint density at radius 2 is 1.89 bits per heavy atom. The first kappa shape index (κ1) is 19.1. The Bertz CT molecular complexity index is 863. The normalized spacial score (nSPS) is 17.9. The number of nitrogens with two attached hydrogens (primary N) is 1. The van der Waals surface area contributed by atoms with Crippen molar-refractivity contribution in [1.29, 1.82) is 0 Å². The molecule has 0 aromatic heterocycles. The van der Waals surface area contributed by atoms with Gasteiger partial charge < -0.3 is 15.4 Å². The van der Waals surface area contributed by atoms with Gasteiger partial charge in [-0.25, -0.2) is 4.39 Å². The summed E-state index contributed by atoms with van der Waals surface area (Å²) in [7, 11) is 0. The van der Waals surface area contributed by atoms with Gasteiger partial charge in [0.05, 0.1) is 12.2 Å². The number of nitrogens with zero attached hydrogens (tertiary/aromatic N) is 2. The molecule has 2 aromatic rings. The third kappa shape index (κ3) is 3.96. The van der Waals surface area contributed by atoms with Crippen LogP contribution < -0.4 is 15.4 Å². The molecule has 2 aromatic carbocycles. The molecule has 0 unspecified atom stereocenters. The lowest BCUT2D eigenvalue weighted by Crippen LogP contribution is -2.40. The maximum Gasteiger partial charge on any atom is 0.146 e. The Labute approximate surface area is 170 Å². The zero-order chi connectivity index (χ0) is 19.7. The van der Waals surface area contributed by atoms with Crippen LogP contribution in [-0.4, -0.2) is 37.7 Å². The fraction of sp³-hybridized carbons (Fsp3) is 0.364. The minimum absolute atomic E-state index is 0.177. The summed E-state index contributed by atoms with van der Waals surface area (Å²) in [5, 5.41) is 0.576. The van der Waals surface area contributed by atoms with Crippen LogP contribution >= 0.6 is 11.6 Å². The Balaban J connectivity index is 1.39. The smallest absolute Gasteiger partial charge is 0.146 e. The minimum Gasteiger partial charge on any atom is -0.489 e. The topological polar surface area (TPSA) is 41.7 Å². The van der Waals surface area contributed by atoms with Gasteiger partial charge in [-0.3, -0.25) is 4.90 Å². The van der Waals surface area contributed by atoms with Gasteiger partial charge in [-0.05, 0) is 55.6 Å². The quantitative estimate of drug-likeness (QED) is 0.757. The van der Waals surface area contributed by atoms with E-state index in [0.717, 1.165) is 50.4 Å². The Morgan fingerprint density at radius 3 is 2.61 bits per heavy atom. The molecule has 0 saturated carbocycles. The monoisotopic (exact) mass is 401 g/mol. The van der Waals surface area contributed by atoms with E-state index in [1.165, 1.54) is 5.56 Å². The van der Waals surface area contributed by atoms with E-state index in [9.17, 15) is 4.39 Å². The molecule has 2 heterocycles. The highest BCUT2D eigenvalue weighted by atomic mass is 35.5. The number of benzene rings is 2. The third-order valence-electron chi connectivity index (χ3n) is 5.63. The van der Waals surface area contributed by atoms with Crippen molar-refractivity contribution in [1.82, 2.24) is 4.90 Å². The second-order valence-corrected chi connectivity index (χ2v) is 7.95. The van der Waals surface area contributed by atoms with Gasteiger partial charge in [0.2, 0.25) is 0 Å². The predicted molar refractivity (Wildman–Crippen MR) is 113 cm³/mol. The lowest BCUT2D eigenvalue weighted by molar-refractivity contribution is 0.225. The number of hydrogen-bond donors (Lipinski definition) is 1. The van der Waals surface area contributed by atoms with E-state index < -0.39 is 0 Å². The zero-order valence-electron chi connectivity index (χ0n) is 15.8. The summed E-state index contributed by atoms with van der Waals surface area (Å²) in [5.41, 5.74) is 9.92. The molecule has 2 aliphatic heterocycles. The Hall–Kier alpha value is -2.24. The first-order valence-electron chi connectivity index (χ1n) is 9.66. The molecule has 4 nitrogen and oxygen atoms in total. The van der Waals surface area contributed by atoms with E-state index in [2.05, 4.69) is 16.4 Å². The standard InChI is InChI=1S/C22H25ClFN3O/c1-15(27-10-11-28-21-13-18(23)12-20(25)22(21)27)14-26-8-6-17(7-9-26)16-2-4-19(24)5-3-16/h2-5,12-13,17H,1,6-11,14,25H2. The Morgan fingerprint density at radius 1 is 1.18 bits per heavy atom. The zero-order valence-corrected chi connectivity index (χ0v) is 16.6. The molecule has 0 atom stereocenters. The van der Waals surface area contributed by atoms with Crippen LogP contribution in [0.5, 0.6) is 5.75 Å². The molecule has 0 amide bonds. The molecule has 4 rings (SSSR count). The number of rotatable bonds is 4. The van der Waals surface area contributed by atoms with Crippen LogP contribution in [0.25, 0.3) is 0 Å². The van der Waals surface area contributed by atoms with E-state index in [4.69, 9.17) is 22.1 Å². The highest BCUT2D eigenvalue weighted by molar-refractivity contribution is 6.31. The number of hydrogen-bond acceptors (Lipinski definition) is 4. The fourth-order valence-electron chi connectivity index (χ4n) is 4.17. The molecule has 0 aliphatic carbocycles. The van der Waals surface area contributed by atoms with E-state index >= 15 is 0 Å². The number of anilines is 2. The molecule has 28 heavy (non-hydrogen) atoms. The lowest BCUT2D eigenvalue weighted by Gasteiger charge is -2.37. The number of ether oxygens (including phenoxy) is 1. The molecule has 0 spiro atoms. The largest absolute Gasteiger partial charge is 0.489 e. The van der Waals surface area contributed by atoms with Crippen molar-refractivity contribution in [3.8, 4) is 5.75 Å². The summed E-state index contributed by atoms with van der Waals surface area (Å²) >= 11 is 6.11. The van der Waals surface area contributed by atoms with Crippen molar-refractivity contribution >= 4 is 23.0 Å². The fourth-order valence-corrected chi connectivity index (χ4v) is 4.39. The van der Waals surface area contributed by atoms with Crippen molar-refractivity contribution in [2.75, 3.05) is 43.4 Å². The average Bonchev–Trinajstić information content (AvgIpc) is 2.68. The molecule has 2 N–H and O–H groups in total. The predicted octanol–water partition coefficient (Wildman–Crippen LogP) is 4.65. The molecule has 148 valence electrons. The maximum atomic E-state index is 13.1. The van der Waals surface area contributed by atoms with Gasteiger partial charge in [0.1, 0.15) is 23.9 Å². The van der Waals surface area contributed by atoms with Gasteiger partial charge in [0, 0.05) is 23.3 Å². The number of halogens is 2. The first-order chi connectivity index (χ1) is 13.5. The van der Waals surface area contributed by atoms with Crippen molar-refractivity contribution in [2.45, 2.75) is 18.8 Å². The van der Waals surface area contributed by atoms with Crippen molar-refractivity contribution in [3.05, 3.63) is 65.1 Å². The van der Waals surface area contributed by atoms with Crippen LogP contribution in [0.3, 0.4) is 0 Å². The summed E-state index contributed by atoms with van der Waals surface area (Å²) in [6.45, 7) is 8.41. The van der Waals surface area contributed by atoms with Gasteiger partial charge in [0.25, 0.3) is 0 Å². The number of nitrogen functional groups attached to an aromatic ring is 1. The molecular weight excluding hydrogens is 377 g/mol. The number of likely N-dealkylation sites (tertiary alicyclic amines) is 1. The number of fused-ring (bicyclic) bond motifs is 1. The highest BCUT2D eigenvalue weighted by Crippen LogP contribution is 2.41. The van der Waals surface area contributed by atoms with Crippen molar-refractivity contribution < 1.29 is 9.13 Å². The summed E-state index contributed by atoms with van der Waals surface area (Å²) in [5.74, 6) is 1.03. The molecular formula is C22H25ClFN3O. The second-order valence-electron chi connectivity index (χ2n) is 7.51. The summed E-state index contributed by atoms with van der Waals surface area (Å²) < 4.78 is 18.9. The van der Waals surface area contributed by atoms with E-state index in [0.29, 0.717) is 29.0 Å². The van der Waals surface area contributed by atoms with Gasteiger partial charge in [-0.1, -0.05) is 30.3 Å². The van der Waals surface area contributed by atoms with E-state index in [1.807, 2.05) is 12.1 Å². The first-order valence-corrected chi connectivity index (χ1v) is 10.0. The third-order valence-corrected chi connectivity index (χ3v) is 5.85. The number of piperidine rings is 1. The van der Waals surface area contributed by atoms with Crippen LogP contribution in [-0.2, 0) is 0 Å². The van der Waals surface area contributed by atoms with Crippen LogP contribution in [0.15, 0.2) is 48.7 Å². The van der Waals surface area contributed by atoms with E-state index in [1.54, 1.807) is 24.3 Å². The molecule has 0 radical (unpaired) electrons. The van der Waals surface area contributed by atoms with Crippen LogP contribution in [0.2, 0.25) is 5.02 Å². The molecule has 1 saturated heterocycles. The lowest BCUT2D eigenvalue weighted by atomic mass is 9.89. The van der Waals surface area contributed by atoms with Crippen LogP contribution in [0.1, 0.15) is 24.3 Å². The highest BCUT2D eigenvalue weighted by Gasteiger charge is 2.26. The maximum absolute atomic E-state index is 13.1. The van der Waals surface area contributed by atoms with Gasteiger partial charge in [0.15, 0.2) is 0 Å². The summed E-state index contributed by atoms with van der Waals surface area (Å²) in [4.78, 5) is 4.57. The van der Waals surface area contributed by atoms with Crippen LogP contribution in [0, 0.1) is 5.82 Å². The second kappa shape index (κ2) is 8.02. The molecule has 6 heteroatoms. The van der Waals surface area contributed by atoms with Gasteiger partial charge >= 0.3 is 0 Å². The van der Waals surface area contributed by atoms with Gasteiger partial charge in [-0.2, -0.15) is 0 Å². The van der Waals surface area contributed by atoms with Crippen LogP contribution in [0.4, 0.5) is 15.8 Å². The van der Waals surface area contributed by atoms with Gasteiger partial charge in [-0.15, -0.1) is 0 Å². The van der Waals surface area contributed by atoms with Crippen molar-refractivity contribution in [3.63, 3.8) is 0 Å². The molecule has 0 bridgehead atoms. The molecule has 1 fully saturated rings. The van der Waals surface area contributed by atoms with Crippen molar-refractivity contribution in [2.24, 2.45) is 0 Å². The summed E-state index contributed by atoms with van der Waals surface area (Å²) in [6, 6.07) is 10.5.